The second-order valence-electron chi connectivity index (χ2n) is 7.13. The van der Waals surface area contributed by atoms with Crippen LogP contribution in [0.25, 0.3) is 12.2 Å². The minimum absolute atomic E-state index is 0.242. The molecule has 4 nitrogen and oxygen atoms in total. The van der Waals surface area contributed by atoms with Gasteiger partial charge in [0, 0.05) is 16.6 Å². The zero-order valence-corrected chi connectivity index (χ0v) is 16.0. The van der Waals surface area contributed by atoms with E-state index in [9.17, 15) is 9.59 Å². The lowest BCUT2D eigenvalue weighted by Gasteiger charge is -2.26. The van der Waals surface area contributed by atoms with E-state index >= 15 is 0 Å². The average Bonchev–Trinajstić information content (AvgIpc) is 2.62. The Morgan fingerprint density at radius 1 is 0.704 bits per heavy atom. The zero-order valence-electron chi connectivity index (χ0n) is 16.0. The van der Waals surface area contributed by atoms with Crippen LogP contribution in [-0.2, 0) is 15.0 Å². The van der Waals surface area contributed by atoms with Gasteiger partial charge >= 0.3 is 11.9 Å². The highest BCUT2D eigenvalue weighted by Crippen LogP contribution is 2.32. The first-order chi connectivity index (χ1) is 12.6. The minimum Gasteiger partial charge on any atom is -0.478 e. The maximum Gasteiger partial charge on any atom is 0.331 e. The SMILES string of the molecule is CC(=Cc1ccc(C(C)(C)c2ccc(C=C(C)C(=O)O)cc2)cc1)C(=O)O. The summed E-state index contributed by atoms with van der Waals surface area (Å²) in [5.74, 6) is -1.85. The molecular weight excluding hydrogens is 340 g/mol. The third kappa shape index (κ3) is 4.94. The van der Waals surface area contributed by atoms with Crippen molar-refractivity contribution >= 4 is 24.1 Å². The van der Waals surface area contributed by atoms with Crippen molar-refractivity contribution in [1.82, 2.24) is 0 Å². The molecule has 0 saturated heterocycles. The molecule has 0 aliphatic heterocycles. The Morgan fingerprint density at radius 2 is 1.00 bits per heavy atom. The van der Waals surface area contributed by atoms with E-state index in [0.717, 1.165) is 22.3 Å². The summed E-state index contributed by atoms with van der Waals surface area (Å²) >= 11 is 0. The monoisotopic (exact) mass is 364 g/mol. The second-order valence-corrected chi connectivity index (χ2v) is 7.13. The number of hydrogen-bond acceptors (Lipinski definition) is 2. The first kappa shape index (κ1) is 20.2. The fourth-order valence-electron chi connectivity index (χ4n) is 2.78. The summed E-state index contributed by atoms with van der Waals surface area (Å²) in [7, 11) is 0. The van der Waals surface area contributed by atoms with Gasteiger partial charge in [0.15, 0.2) is 0 Å². The molecule has 0 fully saturated rings. The van der Waals surface area contributed by atoms with E-state index in [4.69, 9.17) is 10.2 Å². The molecule has 0 heterocycles. The first-order valence-electron chi connectivity index (χ1n) is 8.65. The van der Waals surface area contributed by atoms with Gasteiger partial charge in [-0.2, -0.15) is 0 Å². The molecule has 2 rings (SSSR count). The molecule has 0 spiro atoms. The van der Waals surface area contributed by atoms with Gasteiger partial charge in [-0.05, 0) is 48.3 Å². The van der Waals surface area contributed by atoms with E-state index in [1.807, 2.05) is 48.5 Å². The molecule has 2 N–H and O–H groups in total. The lowest BCUT2D eigenvalue weighted by molar-refractivity contribution is -0.133. The number of hydrogen-bond donors (Lipinski definition) is 2. The highest BCUT2D eigenvalue weighted by atomic mass is 16.4. The van der Waals surface area contributed by atoms with Crippen molar-refractivity contribution in [2.24, 2.45) is 0 Å². The van der Waals surface area contributed by atoms with Crippen molar-refractivity contribution in [1.29, 1.82) is 0 Å². The van der Waals surface area contributed by atoms with Crippen LogP contribution < -0.4 is 0 Å². The van der Waals surface area contributed by atoms with Gasteiger partial charge in [0.2, 0.25) is 0 Å². The molecule has 27 heavy (non-hydrogen) atoms. The van der Waals surface area contributed by atoms with Crippen LogP contribution in [0.3, 0.4) is 0 Å². The van der Waals surface area contributed by atoms with Gasteiger partial charge in [0.1, 0.15) is 0 Å². The summed E-state index contributed by atoms with van der Waals surface area (Å²) < 4.78 is 0. The summed E-state index contributed by atoms with van der Waals surface area (Å²) in [5, 5.41) is 18.0. The molecule has 0 atom stereocenters. The molecule has 0 radical (unpaired) electrons. The van der Waals surface area contributed by atoms with Crippen molar-refractivity contribution in [2.75, 3.05) is 0 Å². The number of rotatable bonds is 6. The standard InChI is InChI=1S/C23H24O4/c1-15(21(24)25)13-17-5-9-19(10-6-17)23(3,4)20-11-7-18(8-12-20)14-16(2)22(26)27/h5-14H,1-4H3,(H,24,25)(H,26,27). The van der Waals surface area contributed by atoms with Crippen LogP contribution in [0, 0.1) is 0 Å². The summed E-state index contributed by atoms with van der Waals surface area (Å²) in [6.07, 6.45) is 3.29. The number of carboxylic acids is 2. The van der Waals surface area contributed by atoms with E-state index in [-0.39, 0.29) is 5.41 Å². The molecule has 0 aliphatic carbocycles. The lowest BCUT2D eigenvalue weighted by Crippen LogP contribution is -2.18. The number of carboxylic acid groups (broad SMARTS) is 2. The van der Waals surface area contributed by atoms with E-state index in [1.54, 1.807) is 26.0 Å². The molecule has 0 aliphatic rings. The van der Waals surface area contributed by atoms with E-state index in [1.165, 1.54) is 0 Å². The predicted molar refractivity (Wildman–Crippen MR) is 108 cm³/mol. The Kier molecular flexibility index (Phi) is 6.01. The largest absolute Gasteiger partial charge is 0.478 e. The average molecular weight is 364 g/mol. The molecule has 0 saturated carbocycles. The van der Waals surface area contributed by atoms with Gasteiger partial charge in [-0.1, -0.05) is 62.4 Å². The summed E-state index contributed by atoms with van der Waals surface area (Å²) in [6, 6.07) is 15.7. The van der Waals surface area contributed by atoms with Gasteiger partial charge in [0.25, 0.3) is 0 Å². The number of aliphatic carboxylic acids is 2. The van der Waals surface area contributed by atoms with Crippen LogP contribution in [0.4, 0.5) is 0 Å². The van der Waals surface area contributed by atoms with Crippen LogP contribution >= 0.6 is 0 Å². The molecule has 0 unspecified atom stereocenters. The van der Waals surface area contributed by atoms with Crippen molar-refractivity contribution < 1.29 is 19.8 Å². The molecule has 4 heteroatoms. The Morgan fingerprint density at radius 3 is 1.26 bits per heavy atom. The van der Waals surface area contributed by atoms with Gasteiger partial charge in [0.05, 0.1) is 0 Å². The quantitative estimate of drug-likeness (QED) is 0.708. The minimum atomic E-state index is -0.924. The van der Waals surface area contributed by atoms with Crippen molar-refractivity contribution in [3.05, 3.63) is 81.9 Å². The molecule has 0 bridgehead atoms. The molecule has 140 valence electrons. The number of benzene rings is 2. The zero-order chi connectivity index (χ0) is 20.2. The fraction of sp³-hybridized carbons (Fsp3) is 0.217. The molecule has 2 aromatic carbocycles. The molecular formula is C23H24O4. The molecule has 2 aromatic rings. The first-order valence-corrected chi connectivity index (χ1v) is 8.65. The van der Waals surface area contributed by atoms with Crippen molar-refractivity contribution in [2.45, 2.75) is 33.1 Å². The van der Waals surface area contributed by atoms with E-state index < -0.39 is 11.9 Å². The Balaban J connectivity index is 2.27. The van der Waals surface area contributed by atoms with Crippen LogP contribution in [0.1, 0.15) is 49.9 Å². The number of carbonyl (C=O) groups is 2. The Bertz CT molecular complexity index is 823. The predicted octanol–water partition coefficient (Wildman–Crippen LogP) is 4.99. The third-order valence-corrected chi connectivity index (χ3v) is 4.71. The van der Waals surface area contributed by atoms with Crippen LogP contribution in [0.2, 0.25) is 0 Å². The van der Waals surface area contributed by atoms with Gasteiger partial charge in [-0.3, -0.25) is 0 Å². The maximum atomic E-state index is 10.9. The molecule has 0 aromatic heterocycles. The van der Waals surface area contributed by atoms with Crippen LogP contribution in [0.5, 0.6) is 0 Å². The van der Waals surface area contributed by atoms with Crippen molar-refractivity contribution in [3.63, 3.8) is 0 Å². The lowest BCUT2D eigenvalue weighted by atomic mass is 9.77. The maximum absolute atomic E-state index is 10.9. The van der Waals surface area contributed by atoms with Gasteiger partial charge in [-0.25, -0.2) is 9.59 Å². The molecule has 0 amide bonds. The Labute approximate surface area is 159 Å². The van der Waals surface area contributed by atoms with Crippen LogP contribution in [-0.4, -0.2) is 22.2 Å². The van der Waals surface area contributed by atoms with E-state index in [0.29, 0.717) is 11.1 Å². The van der Waals surface area contributed by atoms with Crippen LogP contribution in [0.15, 0.2) is 59.7 Å². The summed E-state index contributed by atoms with van der Waals surface area (Å²) in [6.45, 7) is 7.38. The second kappa shape index (κ2) is 8.04. The van der Waals surface area contributed by atoms with Crippen molar-refractivity contribution in [3.8, 4) is 0 Å². The highest BCUT2D eigenvalue weighted by molar-refractivity contribution is 5.91. The summed E-state index contributed by atoms with van der Waals surface area (Å²) in [4.78, 5) is 21.9. The van der Waals surface area contributed by atoms with E-state index in [2.05, 4.69) is 13.8 Å². The smallest absolute Gasteiger partial charge is 0.331 e. The Hall–Kier alpha value is -3.14. The topological polar surface area (TPSA) is 74.6 Å². The third-order valence-electron chi connectivity index (χ3n) is 4.71. The normalized spacial score (nSPS) is 12.7. The fourth-order valence-corrected chi connectivity index (χ4v) is 2.78. The summed E-state index contributed by atoms with van der Waals surface area (Å²) in [5.41, 5.74) is 4.26. The van der Waals surface area contributed by atoms with Gasteiger partial charge < -0.3 is 10.2 Å². The highest BCUT2D eigenvalue weighted by Gasteiger charge is 2.22. The van der Waals surface area contributed by atoms with Gasteiger partial charge in [-0.15, -0.1) is 0 Å².